The third-order valence-corrected chi connectivity index (χ3v) is 4.37. The van der Waals surface area contributed by atoms with Crippen molar-refractivity contribution in [2.45, 2.75) is 33.4 Å². The molecule has 108 valence electrons. The Morgan fingerprint density at radius 1 is 1.55 bits per heavy atom. The Kier molecular flexibility index (Phi) is 4.72. The normalized spacial score (nSPS) is 12.6. The number of aromatic nitrogens is 3. The highest BCUT2D eigenvalue weighted by atomic mass is 32.1. The summed E-state index contributed by atoms with van der Waals surface area (Å²) >= 11 is 6.77. The van der Waals surface area contributed by atoms with E-state index in [2.05, 4.69) is 29.4 Å². The second kappa shape index (κ2) is 6.32. The summed E-state index contributed by atoms with van der Waals surface area (Å²) in [5.41, 5.74) is 0. The van der Waals surface area contributed by atoms with Gasteiger partial charge < -0.3 is 5.32 Å². The zero-order valence-corrected chi connectivity index (χ0v) is 13.3. The molecule has 0 fully saturated rings. The summed E-state index contributed by atoms with van der Waals surface area (Å²) in [4.78, 5) is 13.1. The topological polar surface area (TPSA) is 62.7 Å². The van der Waals surface area contributed by atoms with Crippen molar-refractivity contribution in [1.82, 2.24) is 20.1 Å². The Morgan fingerprint density at radius 2 is 2.30 bits per heavy atom. The molecule has 2 rings (SSSR count). The quantitative estimate of drug-likeness (QED) is 0.835. The first-order valence-electron chi connectivity index (χ1n) is 6.47. The minimum Gasteiger partial charge on any atom is -0.352 e. The number of nitrogens with zero attached hydrogens (tertiary/aromatic N) is 2. The number of thiophene rings is 1. The average molecular weight is 310 g/mol. The summed E-state index contributed by atoms with van der Waals surface area (Å²) in [6.07, 6.45) is 0. The summed E-state index contributed by atoms with van der Waals surface area (Å²) in [6.45, 7) is 6.33. The van der Waals surface area contributed by atoms with Crippen molar-refractivity contribution in [3.63, 3.8) is 0 Å². The maximum Gasteiger partial charge on any atom is 0.240 e. The number of rotatable bonds is 5. The second-order valence-electron chi connectivity index (χ2n) is 5.02. The summed E-state index contributed by atoms with van der Waals surface area (Å²) in [5, 5.41) is 11.9. The largest absolute Gasteiger partial charge is 0.352 e. The Labute approximate surface area is 127 Å². The molecular weight excluding hydrogens is 292 g/mol. The molecule has 1 amide bonds. The third-order valence-electron chi connectivity index (χ3n) is 3.19. The highest BCUT2D eigenvalue weighted by Gasteiger charge is 2.15. The fourth-order valence-electron chi connectivity index (χ4n) is 1.67. The molecule has 0 bridgehead atoms. The van der Waals surface area contributed by atoms with Crippen LogP contribution in [0.25, 0.3) is 10.7 Å². The van der Waals surface area contributed by atoms with Crippen molar-refractivity contribution in [3.8, 4) is 10.7 Å². The van der Waals surface area contributed by atoms with Crippen molar-refractivity contribution in [2.75, 3.05) is 0 Å². The lowest BCUT2D eigenvalue weighted by molar-refractivity contribution is -0.122. The van der Waals surface area contributed by atoms with Gasteiger partial charge in [0.15, 0.2) is 10.6 Å². The smallest absolute Gasteiger partial charge is 0.240 e. The molecule has 2 aromatic rings. The molecule has 0 saturated carbocycles. The maximum absolute atomic E-state index is 12.1. The van der Waals surface area contributed by atoms with Gasteiger partial charge in [-0.3, -0.25) is 14.5 Å². The van der Waals surface area contributed by atoms with E-state index < -0.39 is 0 Å². The van der Waals surface area contributed by atoms with Gasteiger partial charge in [-0.05, 0) is 36.5 Å². The van der Waals surface area contributed by atoms with E-state index in [4.69, 9.17) is 12.2 Å². The maximum atomic E-state index is 12.1. The molecule has 0 spiro atoms. The molecule has 1 unspecified atom stereocenters. The van der Waals surface area contributed by atoms with Crippen molar-refractivity contribution < 1.29 is 4.79 Å². The van der Waals surface area contributed by atoms with E-state index in [9.17, 15) is 4.79 Å². The Bertz CT molecular complexity index is 627. The number of carbonyl (C=O) groups is 1. The van der Waals surface area contributed by atoms with Crippen LogP contribution in [-0.2, 0) is 11.3 Å². The van der Waals surface area contributed by atoms with Crippen LogP contribution < -0.4 is 5.32 Å². The van der Waals surface area contributed by atoms with Crippen LogP contribution in [0.1, 0.15) is 20.8 Å². The lowest BCUT2D eigenvalue weighted by Crippen LogP contribution is -2.38. The fraction of sp³-hybridized carbons (Fsp3) is 0.462. The van der Waals surface area contributed by atoms with E-state index in [0.29, 0.717) is 16.5 Å². The van der Waals surface area contributed by atoms with Gasteiger partial charge in [0.2, 0.25) is 5.91 Å². The number of carbonyl (C=O) groups excluding carboxylic acids is 1. The monoisotopic (exact) mass is 310 g/mol. The van der Waals surface area contributed by atoms with E-state index in [1.54, 1.807) is 15.9 Å². The molecule has 0 aromatic carbocycles. The van der Waals surface area contributed by atoms with E-state index in [0.717, 1.165) is 4.88 Å². The number of aromatic amines is 1. The molecule has 20 heavy (non-hydrogen) atoms. The van der Waals surface area contributed by atoms with Crippen molar-refractivity contribution >= 4 is 29.5 Å². The van der Waals surface area contributed by atoms with Crippen molar-refractivity contribution in [3.05, 3.63) is 22.3 Å². The van der Waals surface area contributed by atoms with Crippen LogP contribution in [0, 0.1) is 10.7 Å². The van der Waals surface area contributed by atoms with E-state index >= 15 is 0 Å². The number of nitrogens with one attached hydrogen (secondary N) is 2. The molecule has 0 aliphatic rings. The zero-order valence-electron chi connectivity index (χ0n) is 11.7. The minimum atomic E-state index is -0.0542. The van der Waals surface area contributed by atoms with Crippen LogP contribution in [0.4, 0.5) is 0 Å². The summed E-state index contributed by atoms with van der Waals surface area (Å²) in [7, 11) is 0. The fourth-order valence-corrected chi connectivity index (χ4v) is 2.59. The standard InChI is InChI=1S/C13H18N4OS2/c1-8(2)9(3)14-11(18)7-17-12(15-16-13(17)19)10-5-4-6-20-10/h4-6,8-9H,7H2,1-3H3,(H,14,18)(H,16,19). The molecule has 2 N–H and O–H groups in total. The molecular formula is C13H18N4OS2. The highest BCUT2D eigenvalue weighted by molar-refractivity contribution is 7.71. The van der Waals surface area contributed by atoms with Gasteiger partial charge in [-0.15, -0.1) is 11.3 Å². The van der Waals surface area contributed by atoms with Crippen LogP contribution in [-0.4, -0.2) is 26.7 Å². The molecule has 0 aliphatic heterocycles. The van der Waals surface area contributed by atoms with Crippen LogP contribution in [0.15, 0.2) is 17.5 Å². The van der Waals surface area contributed by atoms with Crippen molar-refractivity contribution in [2.24, 2.45) is 5.92 Å². The molecule has 2 aromatic heterocycles. The predicted octanol–water partition coefficient (Wildman–Crippen LogP) is 2.83. The molecule has 0 saturated heterocycles. The van der Waals surface area contributed by atoms with Crippen LogP contribution >= 0.6 is 23.6 Å². The Hall–Kier alpha value is -1.47. The number of hydrogen-bond donors (Lipinski definition) is 2. The molecule has 7 heteroatoms. The van der Waals surface area contributed by atoms with Crippen LogP contribution in [0.5, 0.6) is 0 Å². The summed E-state index contributed by atoms with van der Waals surface area (Å²) in [5.74, 6) is 1.05. The molecule has 5 nitrogen and oxygen atoms in total. The number of amides is 1. The molecule has 2 heterocycles. The lowest BCUT2D eigenvalue weighted by atomic mass is 10.1. The third kappa shape index (κ3) is 3.34. The molecule has 0 aliphatic carbocycles. The molecule has 0 radical (unpaired) electrons. The highest BCUT2D eigenvalue weighted by Crippen LogP contribution is 2.22. The van der Waals surface area contributed by atoms with Gasteiger partial charge in [-0.2, -0.15) is 5.10 Å². The van der Waals surface area contributed by atoms with Gasteiger partial charge in [0.25, 0.3) is 0 Å². The van der Waals surface area contributed by atoms with Crippen LogP contribution in [0.3, 0.4) is 0 Å². The van der Waals surface area contributed by atoms with Crippen LogP contribution in [0.2, 0.25) is 0 Å². The number of hydrogen-bond acceptors (Lipinski definition) is 4. The van der Waals surface area contributed by atoms with Gasteiger partial charge in [-0.25, -0.2) is 0 Å². The average Bonchev–Trinajstić information content (AvgIpc) is 3.00. The Morgan fingerprint density at radius 3 is 2.90 bits per heavy atom. The SMILES string of the molecule is CC(C)C(C)NC(=O)Cn1c(-c2cccs2)n[nH]c1=S. The van der Waals surface area contributed by atoms with E-state index in [1.165, 1.54) is 0 Å². The first-order valence-corrected chi connectivity index (χ1v) is 7.76. The van der Waals surface area contributed by atoms with Gasteiger partial charge in [0, 0.05) is 6.04 Å². The van der Waals surface area contributed by atoms with Crippen molar-refractivity contribution in [1.29, 1.82) is 0 Å². The van der Waals surface area contributed by atoms with Gasteiger partial charge in [0.05, 0.1) is 4.88 Å². The molecule has 1 atom stereocenters. The van der Waals surface area contributed by atoms with Gasteiger partial charge >= 0.3 is 0 Å². The first kappa shape index (κ1) is 14.9. The predicted molar refractivity (Wildman–Crippen MR) is 83.2 cm³/mol. The van der Waals surface area contributed by atoms with Gasteiger partial charge in [-0.1, -0.05) is 19.9 Å². The van der Waals surface area contributed by atoms with E-state index in [-0.39, 0.29) is 18.5 Å². The second-order valence-corrected chi connectivity index (χ2v) is 6.35. The summed E-state index contributed by atoms with van der Waals surface area (Å²) < 4.78 is 2.18. The zero-order chi connectivity index (χ0) is 14.7. The van der Waals surface area contributed by atoms with Gasteiger partial charge in [0.1, 0.15) is 6.54 Å². The summed E-state index contributed by atoms with van der Waals surface area (Å²) in [6, 6.07) is 4.04. The van der Waals surface area contributed by atoms with E-state index in [1.807, 2.05) is 24.4 Å². The minimum absolute atomic E-state index is 0.0542. The lowest BCUT2D eigenvalue weighted by Gasteiger charge is -2.17. The number of H-pyrrole nitrogens is 1. The Balaban J connectivity index is 2.16. The first-order chi connectivity index (χ1) is 9.49.